The lowest BCUT2D eigenvalue weighted by atomic mass is 10.1. The Bertz CT molecular complexity index is 1150. The number of aryl methyl sites for hydroxylation is 1. The van der Waals surface area contributed by atoms with Crippen LogP contribution in [0.25, 0.3) is 16.6 Å². The van der Waals surface area contributed by atoms with Gasteiger partial charge in [0.15, 0.2) is 0 Å². The molecule has 1 unspecified atom stereocenters. The summed E-state index contributed by atoms with van der Waals surface area (Å²) >= 11 is 0. The van der Waals surface area contributed by atoms with Gasteiger partial charge in [0, 0.05) is 13.0 Å². The van der Waals surface area contributed by atoms with Gasteiger partial charge in [0.25, 0.3) is 5.56 Å². The van der Waals surface area contributed by atoms with Crippen molar-refractivity contribution in [1.29, 1.82) is 0 Å². The zero-order valence-corrected chi connectivity index (χ0v) is 20.7. The molecule has 5 nitrogen and oxygen atoms in total. The van der Waals surface area contributed by atoms with Crippen LogP contribution in [0.1, 0.15) is 77.2 Å². The molecule has 2 aromatic carbocycles. The quantitative estimate of drug-likeness (QED) is 0.347. The molecule has 0 aliphatic rings. The Morgan fingerprint density at radius 3 is 2.52 bits per heavy atom. The summed E-state index contributed by atoms with van der Waals surface area (Å²) in [4.78, 5) is 33.8. The van der Waals surface area contributed by atoms with Crippen molar-refractivity contribution in [2.45, 2.75) is 72.8 Å². The summed E-state index contributed by atoms with van der Waals surface area (Å²) < 4.78 is 1.70. The number of nitrogens with zero attached hydrogens (tertiary/aromatic N) is 3. The smallest absolute Gasteiger partial charge is 0.266 e. The van der Waals surface area contributed by atoms with Crippen molar-refractivity contribution in [1.82, 2.24) is 14.5 Å². The summed E-state index contributed by atoms with van der Waals surface area (Å²) in [6, 6.07) is 15.0. The zero-order chi connectivity index (χ0) is 24.0. The van der Waals surface area contributed by atoms with Crippen LogP contribution in [-0.2, 0) is 4.79 Å². The molecule has 1 atom stereocenters. The van der Waals surface area contributed by atoms with Crippen LogP contribution in [0.15, 0.2) is 53.3 Å². The number of amides is 1. The van der Waals surface area contributed by atoms with E-state index in [4.69, 9.17) is 4.98 Å². The van der Waals surface area contributed by atoms with Gasteiger partial charge in [0.1, 0.15) is 5.82 Å². The average Bonchev–Trinajstić information content (AvgIpc) is 2.79. The van der Waals surface area contributed by atoms with Crippen molar-refractivity contribution in [3.8, 4) is 5.69 Å². The lowest BCUT2D eigenvalue weighted by molar-refractivity contribution is -0.133. The van der Waals surface area contributed by atoms with Gasteiger partial charge in [-0.15, -0.1) is 0 Å². The summed E-state index contributed by atoms with van der Waals surface area (Å²) in [7, 11) is 0. The minimum atomic E-state index is -0.323. The number of unbranched alkanes of at least 4 members (excludes halogenated alkanes) is 2. The Balaban J connectivity index is 2.14. The number of para-hydroxylation sites is 1. The number of rotatable bonds is 10. The number of aromatic nitrogens is 2. The standard InChI is InChI=1S/C28H37N3O2/c1-6-7-8-16-26(32)30(18-17-20(2)3)22(5)27-29-25-15-10-9-14-24(25)28(33)31(27)23-13-11-12-21(4)19-23/h9-15,19-20,22H,6-8,16-18H2,1-5H3. The lowest BCUT2D eigenvalue weighted by Gasteiger charge is -2.31. The van der Waals surface area contributed by atoms with Crippen molar-refractivity contribution in [2.24, 2.45) is 5.92 Å². The van der Waals surface area contributed by atoms with E-state index >= 15 is 0 Å². The highest BCUT2D eigenvalue weighted by molar-refractivity contribution is 5.79. The molecule has 3 rings (SSSR count). The molecule has 0 N–H and O–H groups in total. The number of hydrogen-bond donors (Lipinski definition) is 0. The maximum absolute atomic E-state index is 13.7. The second-order valence-electron chi connectivity index (χ2n) is 9.37. The normalized spacial score (nSPS) is 12.3. The Kier molecular flexibility index (Phi) is 8.43. The van der Waals surface area contributed by atoms with E-state index in [0.717, 1.165) is 36.9 Å². The van der Waals surface area contributed by atoms with Crippen LogP contribution >= 0.6 is 0 Å². The maximum Gasteiger partial charge on any atom is 0.266 e. The fourth-order valence-corrected chi connectivity index (χ4v) is 4.19. The first-order valence-corrected chi connectivity index (χ1v) is 12.2. The minimum Gasteiger partial charge on any atom is -0.333 e. The first-order chi connectivity index (χ1) is 15.8. The van der Waals surface area contributed by atoms with Gasteiger partial charge in [-0.05, 0) is 62.4 Å². The molecule has 0 fully saturated rings. The molecule has 1 amide bonds. The highest BCUT2D eigenvalue weighted by Crippen LogP contribution is 2.25. The maximum atomic E-state index is 13.7. The molecule has 33 heavy (non-hydrogen) atoms. The number of fused-ring (bicyclic) bond motifs is 1. The third-order valence-corrected chi connectivity index (χ3v) is 6.16. The summed E-state index contributed by atoms with van der Waals surface area (Å²) in [5.74, 6) is 1.22. The molecular weight excluding hydrogens is 410 g/mol. The molecule has 0 bridgehead atoms. The molecule has 5 heteroatoms. The third-order valence-electron chi connectivity index (χ3n) is 6.16. The molecule has 0 aliphatic carbocycles. The number of carbonyl (C=O) groups is 1. The van der Waals surface area contributed by atoms with Gasteiger partial charge in [0.2, 0.25) is 5.91 Å². The number of benzene rings is 2. The lowest BCUT2D eigenvalue weighted by Crippen LogP contribution is -2.38. The minimum absolute atomic E-state index is 0.102. The fraction of sp³-hybridized carbons (Fsp3) is 0.464. The van der Waals surface area contributed by atoms with Gasteiger partial charge >= 0.3 is 0 Å². The fourth-order valence-electron chi connectivity index (χ4n) is 4.19. The van der Waals surface area contributed by atoms with E-state index < -0.39 is 0 Å². The Morgan fingerprint density at radius 2 is 1.82 bits per heavy atom. The van der Waals surface area contributed by atoms with E-state index in [-0.39, 0.29) is 17.5 Å². The molecule has 1 heterocycles. The summed E-state index contributed by atoms with van der Waals surface area (Å²) in [6.45, 7) is 11.1. The van der Waals surface area contributed by atoms with Crippen LogP contribution in [0.2, 0.25) is 0 Å². The molecule has 0 radical (unpaired) electrons. The summed E-state index contributed by atoms with van der Waals surface area (Å²) in [6.07, 6.45) is 4.44. The van der Waals surface area contributed by atoms with Crippen molar-refractivity contribution >= 4 is 16.8 Å². The van der Waals surface area contributed by atoms with Crippen molar-refractivity contribution in [3.63, 3.8) is 0 Å². The van der Waals surface area contributed by atoms with E-state index in [2.05, 4.69) is 20.8 Å². The van der Waals surface area contributed by atoms with Crippen molar-refractivity contribution < 1.29 is 4.79 Å². The van der Waals surface area contributed by atoms with E-state index in [1.165, 1.54) is 0 Å². The van der Waals surface area contributed by atoms with Gasteiger partial charge in [-0.3, -0.25) is 14.2 Å². The zero-order valence-electron chi connectivity index (χ0n) is 20.7. The number of carbonyl (C=O) groups excluding carboxylic acids is 1. The predicted molar refractivity (Wildman–Crippen MR) is 136 cm³/mol. The average molecular weight is 448 g/mol. The molecule has 0 aliphatic heterocycles. The highest BCUT2D eigenvalue weighted by atomic mass is 16.2. The topological polar surface area (TPSA) is 55.2 Å². The van der Waals surface area contributed by atoms with E-state index in [0.29, 0.717) is 35.6 Å². The second kappa shape index (κ2) is 11.3. The van der Waals surface area contributed by atoms with E-state index in [9.17, 15) is 9.59 Å². The first-order valence-electron chi connectivity index (χ1n) is 12.2. The van der Waals surface area contributed by atoms with Crippen LogP contribution in [0.3, 0.4) is 0 Å². The number of hydrogen-bond acceptors (Lipinski definition) is 3. The summed E-state index contributed by atoms with van der Waals surface area (Å²) in [5.41, 5.74) is 2.41. The van der Waals surface area contributed by atoms with Gasteiger partial charge in [-0.2, -0.15) is 0 Å². The van der Waals surface area contributed by atoms with Gasteiger partial charge in [0.05, 0.1) is 22.6 Å². The van der Waals surface area contributed by atoms with Gasteiger partial charge in [-0.25, -0.2) is 4.98 Å². The van der Waals surface area contributed by atoms with Crippen molar-refractivity contribution in [3.05, 3.63) is 70.3 Å². The first kappa shape index (κ1) is 24.7. The Morgan fingerprint density at radius 1 is 1.06 bits per heavy atom. The third kappa shape index (κ3) is 5.89. The van der Waals surface area contributed by atoms with Gasteiger partial charge in [-0.1, -0.05) is 57.9 Å². The van der Waals surface area contributed by atoms with Crippen LogP contribution in [0, 0.1) is 12.8 Å². The van der Waals surface area contributed by atoms with Crippen LogP contribution in [0.5, 0.6) is 0 Å². The van der Waals surface area contributed by atoms with E-state index in [1.54, 1.807) is 4.57 Å². The monoisotopic (exact) mass is 447 g/mol. The molecule has 3 aromatic rings. The Hall–Kier alpha value is -2.95. The molecule has 176 valence electrons. The largest absolute Gasteiger partial charge is 0.333 e. The SMILES string of the molecule is CCCCCC(=O)N(CCC(C)C)C(C)c1nc2ccccc2c(=O)n1-c1cccc(C)c1. The van der Waals surface area contributed by atoms with Crippen LogP contribution < -0.4 is 5.56 Å². The molecule has 0 saturated heterocycles. The Labute approximate surface area is 197 Å². The summed E-state index contributed by atoms with van der Waals surface area (Å²) in [5, 5.41) is 0.581. The van der Waals surface area contributed by atoms with Crippen molar-refractivity contribution in [2.75, 3.05) is 6.54 Å². The highest BCUT2D eigenvalue weighted by Gasteiger charge is 2.26. The molecule has 0 saturated carbocycles. The van der Waals surface area contributed by atoms with Gasteiger partial charge < -0.3 is 4.90 Å². The van der Waals surface area contributed by atoms with Crippen LogP contribution in [0.4, 0.5) is 0 Å². The predicted octanol–water partition coefficient (Wildman–Crippen LogP) is 6.21. The molecule has 1 aromatic heterocycles. The molecular formula is C28H37N3O2. The van der Waals surface area contributed by atoms with E-state index in [1.807, 2.05) is 67.3 Å². The second-order valence-corrected chi connectivity index (χ2v) is 9.37. The van der Waals surface area contributed by atoms with Crippen LogP contribution in [-0.4, -0.2) is 26.9 Å². The molecule has 0 spiro atoms.